The van der Waals surface area contributed by atoms with Crippen LogP contribution in [0.5, 0.6) is 0 Å². The lowest BCUT2D eigenvalue weighted by Gasteiger charge is -2.26. The summed E-state index contributed by atoms with van der Waals surface area (Å²) < 4.78 is 0. The van der Waals surface area contributed by atoms with Gasteiger partial charge in [-0.05, 0) is 74.5 Å². The molecule has 0 saturated carbocycles. The molecule has 2 heterocycles. The molecule has 0 spiro atoms. The molecule has 0 bridgehead atoms. The van der Waals surface area contributed by atoms with Crippen molar-refractivity contribution in [2.45, 2.75) is 58.2 Å². The number of piperidine rings is 1. The standard InChI is InChI=1S/C24H32N2/c1-20-6-5-17-26(20)19-22-9-13-24(14-10-22)23-11-7-21(8-12-23)18-25-15-3-2-4-16-25/h7-14,20H,2-6,15-19H2,1H3. The lowest BCUT2D eigenvalue weighted by Crippen LogP contribution is -2.28. The summed E-state index contributed by atoms with van der Waals surface area (Å²) in [6.45, 7) is 8.33. The van der Waals surface area contributed by atoms with Crippen LogP contribution in [-0.4, -0.2) is 35.5 Å². The summed E-state index contributed by atoms with van der Waals surface area (Å²) in [5.41, 5.74) is 5.53. The van der Waals surface area contributed by atoms with Crippen LogP contribution < -0.4 is 0 Å². The van der Waals surface area contributed by atoms with Crippen molar-refractivity contribution < 1.29 is 0 Å². The molecule has 0 aromatic heterocycles. The van der Waals surface area contributed by atoms with E-state index < -0.39 is 0 Å². The highest BCUT2D eigenvalue weighted by molar-refractivity contribution is 5.63. The smallest absolute Gasteiger partial charge is 0.0236 e. The summed E-state index contributed by atoms with van der Waals surface area (Å²) in [6, 6.07) is 19.1. The van der Waals surface area contributed by atoms with Crippen molar-refractivity contribution in [2.24, 2.45) is 0 Å². The van der Waals surface area contributed by atoms with Crippen molar-refractivity contribution in [2.75, 3.05) is 19.6 Å². The molecule has 2 aromatic rings. The quantitative estimate of drug-likeness (QED) is 0.721. The zero-order valence-corrected chi connectivity index (χ0v) is 16.2. The number of benzene rings is 2. The Morgan fingerprint density at radius 2 is 1.27 bits per heavy atom. The lowest BCUT2D eigenvalue weighted by molar-refractivity contribution is 0.221. The Morgan fingerprint density at radius 3 is 1.81 bits per heavy atom. The zero-order valence-electron chi connectivity index (χ0n) is 16.2. The van der Waals surface area contributed by atoms with Gasteiger partial charge in [0.15, 0.2) is 0 Å². The minimum atomic E-state index is 0.738. The molecule has 2 nitrogen and oxygen atoms in total. The molecule has 0 amide bonds. The van der Waals surface area contributed by atoms with E-state index in [2.05, 4.69) is 65.3 Å². The van der Waals surface area contributed by atoms with E-state index in [1.165, 1.54) is 74.0 Å². The Labute approximate surface area is 158 Å². The second kappa shape index (κ2) is 8.37. The Balaban J connectivity index is 1.37. The molecule has 0 radical (unpaired) electrons. The van der Waals surface area contributed by atoms with Crippen LogP contribution in [0.15, 0.2) is 48.5 Å². The van der Waals surface area contributed by atoms with E-state index in [1.807, 2.05) is 0 Å². The zero-order chi connectivity index (χ0) is 17.8. The van der Waals surface area contributed by atoms with Crippen LogP contribution in [0, 0.1) is 0 Å². The third kappa shape index (κ3) is 4.36. The third-order valence-electron chi connectivity index (χ3n) is 6.17. The summed E-state index contributed by atoms with van der Waals surface area (Å²) in [7, 11) is 0. The number of rotatable bonds is 5. The first-order valence-corrected chi connectivity index (χ1v) is 10.4. The van der Waals surface area contributed by atoms with E-state index in [-0.39, 0.29) is 0 Å². The molecular formula is C24H32N2. The third-order valence-corrected chi connectivity index (χ3v) is 6.17. The molecule has 2 aliphatic heterocycles. The summed E-state index contributed by atoms with van der Waals surface area (Å²) in [5, 5.41) is 0. The minimum Gasteiger partial charge on any atom is -0.299 e. The average molecular weight is 349 g/mol. The number of hydrogen-bond donors (Lipinski definition) is 0. The summed E-state index contributed by atoms with van der Waals surface area (Å²) in [5.74, 6) is 0. The minimum absolute atomic E-state index is 0.738. The Bertz CT molecular complexity index is 683. The Hall–Kier alpha value is -1.64. The largest absolute Gasteiger partial charge is 0.299 e. The highest BCUT2D eigenvalue weighted by Gasteiger charge is 2.19. The van der Waals surface area contributed by atoms with Gasteiger partial charge in [0.05, 0.1) is 0 Å². The van der Waals surface area contributed by atoms with E-state index in [4.69, 9.17) is 0 Å². The maximum Gasteiger partial charge on any atom is 0.0236 e. The van der Waals surface area contributed by atoms with E-state index >= 15 is 0 Å². The second-order valence-electron chi connectivity index (χ2n) is 8.19. The van der Waals surface area contributed by atoms with Crippen molar-refractivity contribution in [3.05, 3.63) is 59.7 Å². The van der Waals surface area contributed by atoms with E-state index in [9.17, 15) is 0 Å². The van der Waals surface area contributed by atoms with Crippen molar-refractivity contribution in [1.29, 1.82) is 0 Å². The van der Waals surface area contributed by atoms with E-state index in [1.54, 1.807) is 0 Å². The van der Waals surface area contributed by atoms with Gasteiger partial charge in [-0.15, -0.1) is 0 Å². The predicted molar refractivity (Wildman–Crippen MR) is 110 cm³/mol. The Morgan fingerprint density at radius 1 is 0.692 bits per heavy atom. The molecule has 26 heavy (non-hydrogen) atoms. The van der Waals surface area contributed by atoms with Gasteiger partial charge in [-0.25, -0.2) is 0 Å². The first kappa shape index (κ1) is 17.8. The highest BCUT2D eigenvalue weighted by Crippen LogP contribution is 2.24. The number of hydrogen-bond acceptors (Lipinski definition) is 2. The maximum atomic E-state index is 2.60. The molecule has 4 rings (SSSR count). The molecule has 2 aromatic carbocycles. The summed E-state index contributed by atoms with van der Waals surface area (Å²) in [4.78, 5) is 5.19. The van der Waals surface area contributed by atoms with Crippen LogP contribution in [0.3, 0.4) is 0 Å². The highest BCUT2D eigenvalue weighted by atomic mass is 15.2. The predicted octanol–water partition coefficient (Wildman–Crippen LogP) is 5.32. The van der Waals surface area contributed by atoms with Crippen LogP contribution in [0.2, 0.25) is 0 Å². The van der Waals surface area contributed by atoms with E-state index in [0.717, 1.165) is 19.1 Å². The van der Waals surface area contributed by atoms with Gasteiger partial charge in [0.1, 0.15) is 0 Å². The topological polar surface area (TPSA) is 6.48 Å². The number of likely N-dealkylation sites (tertiary alicyclic amines) is 2. The van der Waals surface area contributed by atoms with Gasteiger partial charge in [-0.3, -0.25) is 9.80 Å². The molecular weight excluding hydrogens is 316 g/mol. The van der Waals surface area contributed by atoms with Crippen molar-refractivity contribution >= 4 is 0 Å². The van der Waals surface area contributed by atoms with Crippen molar-refractivity contribution in [1.82, 2.24) is 9.80 Å². The lowest BCUT2D eigenvalue weighted by atomic mass is 10.0. The monoisotopic (exact) mass is 348 g/mol. The number of nitrogens with zero attached hydrogens (tertiary/aromatic N) is 2. The maximum absolute atomic E-state index is 2.60. The van der Waals surface area contributed by atoms with Crippen LogP contribution in [-0.2, 0) is 13.1 Å². The van der Waals surface area contributed by atoms with Gasteiger partial charge in [0, 0.05) is 19.1 Å². The molecule has 2 heteroatoms. The van der Waals surface area contributed by atoms with Crippen LogP contribution >= 0.6 is 0 Å². The van der Waals surface area contributed by atoms with Gasteiger partial charge in [0.2, 0.25) is 0 Å². The first-order chi connectivity index (χ1) is 12.8. The summed E-state index contributed by atoms with van der Waals surface area (Å²) in [6.07, 6.45) is 6.83. The summed E-state index contributed by atoms with van der Waals surface area (Å²) >= 11 is 0. The second-order valence-corrected chi connectivity index (χ2v) is 8.19. The van der Waals surface area contributed by atoms with Crippen LogP contribution in [0.4, 0.5) is 0 Å². The molecule has 0 aliphatic carbocycles. The molecule has 0 N–H and O–H groups in total. The van der Waals surface area contributed by atoms with E-state index in [0.29, 0.717) is 0 Å². The average Bonchev–Trinajstić information content (AvgIpc) is 3.09. The fourth-order valence-electron chi connectivity index (χ4n) is 4.44. The fourth-order valence-corrected chi connectivity index (χ4v) is 4.44. The van der Waals surface area contributed by atoms with Gasteiger partial charge < -0.3 is 0 Å². The van der Waals surface area contributed by atoms with Crippen LogP contribution in [0.1, 0.15) is 50.2 Å². The molecule has 138 valence electrons. The molecule has 2 saturated heterocycles. The van der Waals surface area contributed by atoms with Gasteiger partial charge in [-0.2, -0.15) is 0 Å². The molecule has 2 fully saturated rings. The van der Waals surface area contributed by atoms with Crippen molar-refractivity contribution in [3.63, 3.8) is 0 Å². The van der Waals surface area contributed by atoms with Gasteiger partial charge >= 0.3 is 0 Å². The SMILES string of the molecule is CC1CCCN1Cc1ccc(-c2ccc(CN3CCCCC3)cc2)cc1. The van der Waals surface area contributed by atoms with Gasteiger partial charge in [-0.1, -0.05) is 55.0 Å². The first-order valence-electron chi connectivity index (χ1n) is 10.4. The Kier molecular flexibility index (Phi) is 5.72. The van der Waals surface area contributed by atoms with Crippen molar-refractivity contribution in [3.8, 4) is 11.1 Å². The van der Waals surface area contributed by atoms with Gasteiger partial charge in [0.25, 0.3) is 0 Å². The fraction of sp³-hybridized carbons (Fsp3) is 0.500. The van der Waals surface area contributed by atoms with Crippen LogP contribution in [0.25, 0.3) is 11.1 Å². The molecule has 1 atom stereocenters. The normalized spacial score (nSPS) is 22.0. The molecule has 2 aliphatic rings. The molecule has 1 unspecified atom stereocenters.